The van der Waals surface area contributed by atoms with Crippen molar-refractivity contribution in [3.8, 4) is 0 Å². The maximum absolute atomic E-state index is 13.2. The fourth-order valence-corrected chi connectivity index (χ4v) is 3.31. The number of anilines is 1. The van der Waals surface area contributed by atoms with E-state index in [4.69, 9.17) is 0 Å². The molecular formula is C22H24N2O2. The highest BCUT2D eigenvalue weighted by Crippen LogP contribution is 2.26. The SMILES string of the molecule is CCCCN(C(=O)C(=O)c1c(C)n(C)c2ccccc12)c1ccccc1. The second kappa shape index (κ2) is 7.56. The van der Waals surface area contributed by atoms with Crippen LogP contribution in [0.15, 0.2) is 54.6 Å². The van der Waals surface area contributed by atoms with Crippen molar-refractivity contribution in [1.29, 1.82) is 0 Å². The molecular weight excluding hydrogens is 324 g/mol. The number of fused-ring (bicyclic) bond motifs is 1. The zero-order valence-electron chi connectivity index (χ0n) is 15.5. The summed E-state index contributed by atoms with van der Waals surface area (Å²) in [7, 11) is 1.92. The second-order valence-electron chi connectivity index (χ2n) is 6.51. The number of aryl methyl sites for hydroxylation is 1. The first kappa shape index (κ1) is 17.9. The molecule has 0 fully saturated rings. The molecule has 3 rings (SSSR count). The average molecular weight is 348 g/mol. The van der Waals surface area contributed by atoms with Gasteiger partial charge in [0.05, 0.1) is 5.56 Å². The largest absolute Gasteiger partial charge is 0.347 e. The predicted octanol–water partition coefficient (Wildman–Crippen LogP) is 4.50. The van der Waals surface area contributed by atoms with Gasteiger partial charge in [-0.1, -0.05) is 49.7 Å². The van der Waals surface area contributed by atoms with E-state index in [0.29, 0.717) is 12.1 Å². The van der Waals surface area contributed by atoms with Gasteiger partial charge in [-0.15, -0.1) is 0 Å². The molecule has 2 aromatic carbocycles. The van der Waals surface area contributed by atoms with Crippen LogP contribution in [0.25, 0.3) is 10.9 Å². The van der Waals surface area contributed by atoms with Crippen molar-refractivity contribution >= 4 is 28.3 Å². The Labute approximate surface area is 154 Å². The summed E-state index contributed by atoms with van der Waals surface area (Å²) in [5, 5.41) is 0.828. The van der Waals surface area contributed by atoms with Gasteiger partial charge < -0.3 is 9.47 Å². The summed E-state index contributed by atoms with van der Waals surface area (Å²) >= 11 is 0. The van der Waals surface area contributed by atoms with Crippen LogP contribution in [0.2, 0.25) is 0 Å². The molecule has 1 heterocycles. The van der Waals surface area contributed by atoms with Crippen LogP contribution in [0.4, 0.5) is 5.69 Å². The fourth-order valence-electron chi connectivity index (χ4n) is 3.31. The second-order valence-corrected chi connectivity index (χ2v) is 6.51. The number of amides is 1. The number of unbranched alkanes of at least 4 members (excludes halogenated alkanes) is 1. The number of carbonyl (C=O) groups excluding carboxylic acids is 2. The molecule has 1 amide bonds. The van der Waals surface area contributed by atoms with Gasteiger partial charge in [0.15, 0.2) is 0 Å². The summed E-state index contributed by atoms with van der Waals surface area (Å²) in [5.41, 5.74) is 3.04. The molecule has 4 heteroatoms. The molecule has 0 aliphatic heterocycles. The highest BCUT2D eigenvalue weighted by molar-refractivity contribution is 6.49. The van der Waals surface area contributed by atoms with Crippen LogP contribution in [-0.2, 0) is 11.8 Å². The average Bonchev–Trinajstić information content (AvgIpc) is 2.93. The number of aromatic nitrogens is 1. The lowest BCUT2D eigenvalue weighted by Gasteiger charge is -2.22. The number of benzene rings is 2. The standard InChI is InChI=1S/C22H24N2O2/c1-4-5-15-24(17-11-7-6-8-12-17)22(26)21(25)20-16(2)23(3)19-14-10-9-13-18(19)20/h6-14H,4-5,15H2,1-3H3. The lowest BCUT2D eigenvalue weighted by atomic mass is 10.1. The minimum absolute atomic E-state index is 0.445. The van der Waals surface area contributed by atoms with E-state index in [-0.39, 0.29) is 0 Å². The number of Topliss-reactive ketones (excluding diaryl/α,β-unsaturated/α-hetero) is 1. The third kappa shape index (κ3) is 3.15. The van der Waals surface area contributed by atoms with Gasteiger partial charge in [-0.2, -0.15) is 0 Å². The van der Waals surface area contributed by atoms with Crippen molar-refractivity contribution < 1.29 is 9.59 Å². The topological polar surface area (TPSA) is 42.3 Å². The van der Waals surface area contributed by atoms with E-state index in [9.17, 15) is 9.59 Å². The van der Waals surface area contributed by atoms with Crippen LogP contribution in [0, 0.1) is 6.92 Å². The maximum Gasteiger partial charge on any atom is 0.299 e. The molecule has 26 heavy (non-hydrogen) atoms. The number of para-hydroxylation sites is 2. The summed E-state index contributed by atoms with van der Waals surface area (Å²) < 4.78 is 1.97. The molecule has 0 unspecified atom stereocenters. The first-order chi connectivity index (χ1) is 12.6. The molecule has 0 spiro atoms. The third-order valence-electron chi connectivity index (χ3n) is 4.87. The van der Waals surface area contributed by atoms with Gasteiger partial charge in [-0.05, 0) is 31.5 Å². The Balaban J connectivity index is 2.03. The maximum atomic E-state index is 13.2. The van der Waals surface area contributed by atoms with Crippen LogP contribution < -0.4 is 4.90 Å². The highest BCUT2D eigenvalue weighted by Gasteiger charge is 2.28. The molecule has 0 aliphatic carbocycles. The Morgan fingerprint density at radius 3 is 2.35 bits per heavy atom. The summed E-state index contributed by atoms with van der Waals surface area (Å²) in [6, 6.07) is 17.1. The minimum atomic E-state index is -0.468. The zero-order chi connectivity index (χ0) is 18.7. The monoisotopic (exact) mass is 348 g/mol. The van der Waals surface area contributed by atoms with Crippen molar-refractivity contribution in [3.05, 3.63) is 65.9 Å². The molecule has 3 aromatic rings. The lowest BCUT2D eigenvalue weighted by molar-refractivity contribution is -0.114. The molecule has 0 aliphatic rings. The third-order valence-corrected chi connectivity index (χ3v) is 4.87. The van der Waals surface area contributed by atoms with E-state index in [2.05, 4.69) is 6.92 Å². The smallest absolute Gasteiger partial charge is 0.299 e. The molecule has 4 nitrogen and oxygen atoms in total. The lowest BCUT2D eigenvalue weighted by Crippen LogP contribution is -2.37. The fraction of sp³-hybridized carbons (Fsp3) is 0.273. The Kier molecular flexibility index (Phi) is 5.21. The van der Waals surface area contributed by atoms with Crippen molar-refractivity contribution in [2.45, 2.75) is 26.7 Å². The van der Waals surface area contributed by atoms with Crippen LogP contribution in [-0.4, -0.2) is 22.8 Å². The van der Waals surface area contributed by atoms with Gasteiger partial charge in [0.1, 0.15) is 0 Å². The van der Waals surface area contributed by atoms with Gasteiger partial charge in [-0.3, -0.25) is 9.59 Å². The quantitative estimate of drug-likeness (QED) is 0.486. The predicted molar refractivity (Wildman–Crippen MR) is 106 cm³/mol. The number of carbonyl (C=O) groups is 2. The normalized spacial score (nSPS) is 10.9. The molecule has 0 radical (unpaired) electrons. The first-order valence-electron chi connectivity index (χ1n) is 9.01. The minimum Gasteiger partial charge on any atom is -0.347 e. The molecule has 0 saturated carbocycles. The summed E-state index contributed by atoms with van der Waals surface area (Å²) in [6.07, 6.45) is 1.81. The molecule has 0 N–H and O–H groups in total. The molecule has 0 bridgehead atoms. The number of rotatable bonds is 6. The molecule has 0 atom stereocenters. The van der Waals surface area contributed by atoms with Gasteiger partial charge >= 0.3 is 0 Å². The van der Waals surface area contributed by atoms with Gasteiger partial charge in [-0.25, -0.2) is 0 Å². The summed E-state index contributed by atoms with van der Waals surface area (Å²) in [5.74, 6) is -0.914. The van der Waals surface area contributed by atoms with Gasteiger partial charge in [0.25, 0.3) is 11.7 Å². The highest BCUT2D eigenvalue weighted by atomic mass is 16.2. The number of hydrogen-bond acceptors (Lipinski definition) is 2. The van der Waals surface area contributed by atoms with Crippen LogP contribution in [0.3, 0.4) is 0 Å². The van der Waals surface area contributed by atoms with E-state index < -0.39 is 11.7 Å². The first-order valence-corrected chi connectivity index (χ1v) is 9.01. The van der Waals surface area contributed by atoms with E-state index in [1.807, 2.05) is 73.1 Å². The van der Waals surface area contributed by atoms with Crippen LogP contribution in [0.5, 0.6) is 0 Å². The van der Waals surface area contributed by atoms with Crippen molar-refractivity contribution in [1.82, 2.24) is 4.57 Å². The number of nitrogens with zero attached hydrogens (tertiary/aromatic N) is 2. The van der Waals surface area contributed by atoms with Crippen LogP contribution >= 0.6 is 0 Å². The van der Waals surface area contributed by atoms with Gasteiger partial charge in [0, 0.05) is 35.9 Å². The Hall–Kier alpha value is -2.88. The van der Waals surface area contributed by atoms with Crippen molar-refractivity contribution in [3.63, 3.8) is 0 Å². The Bertz CT molecular complexity index is 941. The van der Waals surface area contributed by atoms with Gasteiger partial charge in [0.2, 0.25) is 0 Å². The van der Waals surface area contributed by atoms with E-state index >= 15 is 0 Å². The number of ketones is 1. The Morgan fingerprint density at radius 2 is 1.65 bits per heavy atom. The summed E-state index contributed by atoms with van der Waals surface area (Å²) in [4.78, 5) is 27.9. The Morgan fingerprint density at radius 1 is 1.00 bits per heavy atom. The molecule has 134 valence electrons. The van der Waals surface area contributed by atoms with E-state index in [1.165, 1.54) is 0 Å². The zero-order valence-corrected chi connectivity index (χ0v) is 15.5. The van der Waals surface area contributed by atoms with E-state index in [0.717, 1.165) is 35.1 Å². The molecule has 0 saturated heterocycles. The van der Waals surface area contributed by atoms with Crippen LogP contribution in [0.1, 0.15) is 35.8 Å². The molecule has 1 aromatic heterocycles. The van der Waals surface area contributed by atoms with Crippen molar-refractivity contribution in [2.24, 2.45) is 7.05 Å². The number of hydrogen-bond donors (Lipinski definition) is 0. The van der Waals surface area contributed by atoms with Crippen molar-refractivity contribution in [2.75, 3.05) is 11.4 Å². The summed E-state index contributed by atoms with van der Waals surface area (Å²) in [6.45, 7) is 4.50. The van der Waals surface area contributed by atoms with E-state index in [1.54, 1.807) is 4.90 Å².